The summed E-state index contributed by atoms with van der Waals surface area (Å²) in [6.07, 6.45) is 69.9. The van der Waals surface area contributed by atoms with Crippen molar-refractivity contribution < 1.29 is 22.9 Å². The van der Waals surface area contributed by atoms with Crippen LogP contribution in [0.3, 0.4) is 0 Å². The monoisotopic (exact) mass is 1040 g/mol. The molecular formula is C60H111InO6. The molecule has 0 aromatic carbocycles. The first-order valence-corrected chi connectivity index (χ1v) is 33.6. The average Bonchev–Trinajstić information content (AvgIpc) is 3.32. The van der Waals surface area contributed by atoms with Gasteiger partial charge in [0.05, 0.1) is 0 Å². The van der Waals surface area contributed by atoms with E-state index in [9.17, 15) is 14.4 Å². The van der Waals surface area contributed by atoms with E-state index in [-0.39, 0.29) is 19.3 Å². The van der Waals surface area contributed by atoms with Gasteiger partial charge in [-0.1, -0.05) is 135 Å². The van der Waals surface area contributed by atoms with Crippen LogP contribution in [0.1, 0.15) is 329 Å². The minimum Gasteiger partial charge on any atom is -0.0885 e. The summed E-state index contributed by atoms with van der Waals surface area (Å²) in [5, 5.41) is 0. The van der Waals surface area contributed by atoms with Crippen LogP contribution in [0.25, 0.3) is 0 Å². The van der Waals surface area contributed by atoms with E-state index in [0.29, 0.717) is 0 Å². The Bertz CT molecular complexity index is 996. The first-order valence-electron chi connectivity index (χ1n) is 29.6. The van der Waals surface area contributed by atoms with Gasteiger partial charge in [-0.05, 0) is 38.5 Å². The van der Waals surface area contributed by atoms with Gasteiger partial charge in [-0.2, -0.15) is 0 Å². The van der Waals surface area contributed by atoms with Crippen LogP contribution in [0.4, 0.5) is 0 Å². The van der Waals surface area contributed by atoms with Gasteiger partial charge in [0.15, 0.2) is 0 Å². The second-order valence-corrected chi connectivity index (χ2v) is 23.5. The van der Waals surface area contributed by atoms with Gasteiger partial charge in [0, 0.05) is 0 Å². The Hall–Kier alpha value is -1.50. The summed E-state index contributed by atoms with van der Waals surface area (Å²) in [6.45, 7) is 6.81. The molecule has 0 aliphatic rings. The van der Waals surface area contributed by atoms with E-state index in [4.69, 9.17) is 8.56 Å². The topological polar surface area (TPSA) is 78.9 Å². The van der Waals surface area contributed by atoms with Crippen molar-refractivity contribution in [1.82, 2.24) is 0 Å². The van der Waals surface area contributed by atoms with E-state index >= 15 is 0 Å². The van der Waals surface area contributed by atoms with Crippen LogP contribution in [-0.2, 0) is 22.9 Å². The summed E-state index contributed by atoms with van der Waals surface area (Å²) in [4.78, 5) is 38.6. The summed E-state index contributed by atoms with van der Waals surface area (Å²) in [7, 11) is 0. The Morgan fingerprint density at radius 3 is 0.612 bits per heavy atom. The number of allylic oxidation sites excluding steroid dienone is 6. The van der Waals surface area contributed by atoms with E-state index in [1.165, 1.54) is 231 Å². The normalized spacial score (nSPS) is 11.7. The number of unbranched alkanes of at least 4 members (excludes halogenated alkanes) is 39. The Morgan fingerprint density at radius 2 is 0.418 bits per heavy atom. The molecule has 0 unspecified atom stereocenters. The number of hydrogen-bond acceptors (Lipinski definition) is 6. The molecule has 67 heavy (non-hydrogen) atoms. The van der Waals surface area contributed by atoms with E-state index in [1.54, 1.807) is 0 Å². The molecule has 0 bridgehead atoms. The molecule has 0 radical (unpaired) electrons. The van der Waals surface area contributed by atoms with Crippen LogP contribution in [-0.4, -0.2) is 40.7 Å². The molecule has 7 heteroatoms. The number of carbonyl (C=O) groups excluding carboxylic acids is 3. The van der Waals surface area contributed by atoms with Crippen LogP contribution in [0.15, 0.2) is 36.5 Å². The first-order chi connectivity index (χ1) is 33.0. The number of rotatable bonds is 54. The van der Waals surface area contributed by atoms with E-state index in [1.807, 2.05) is 0 Å². The van der Waals surface area contributed by atoms with Crippen molar-refractivity contribution in [1.29, 1.82) is 0 Å². The molecule has 0 aromatic rings. The predicted molar refractivity (Wildman–Crippen MR) is 290 cm³/mol. The van der Waals surface area contributed by atoms with Gasteiger partial charge < -0.3 is 0 Å². The van der Waals surface area contributed by atoms with Crippen LogP contribution in [0.5, 0.6) is 0 Å². The SMILES string of the molecule is CCCCCCCC/C=C\CCCCCCCCCC(=O)[O][In]([O]C(=O)CCCCCCCCC/C=C\CCCCCCCC)[O]C(=O)CCCCCCCCC/C=C\CCCCCCCC. The molecule has 6 nitrogen and oxygen atoms in total. The fraction of sp³-hybridized carbons (Fsp3) is 0.850. The van der Waals surface area contributed by atoms with Gasteiger partial charge in [0.25, 0.3) is 0 Å². The van der Waals surface area contributed by atoms with Crippen molar-refractivity contribution in [2.45, 2.75) is 329 Å². The molecule has 0 amide bonds. The molecule has 0 rings (SSSR count). The zero-order chi connectivity index (χ0) is 48.6. The molecule has 0 atom stereocenters. The smallest absolute Gasteiger partial charge is 0.0885 e. The number of carbonyl (C=O) groups is 3. The molecule has 0 aromatic heterocycles. The first kappa shape index (κ1) is 65.5. The maximum absolute atomic E-state index is 12.9. The van der Waals surface area contributed by atoms with Crippen molar-refractivity contribution in [3.63, 3.8) is 0 Å². The standard InChI is InChI=1S/3C20H38O2.In/c3*1-2-3-4-5-6-7-8-9-10-11-12-13-14-15-16-17-18-19-20(21)22;/h3*9-10H,2-8,11-19H2,1H3,(H,21,22);/q;;;+3/p-3/b3*10-9-;. The quantitative estimate of drug-likeness (QED) is 0.0446. The molecule has 0 aliphatic carbocycles. The zero-order valence-electron chi connectivity index (χ0n) is 44.9. The molecule has 0 N–H and O–H groups in total. The van der Waals surface area contributed by atoms with E-state index in [0.717, 1.165) is 57.8 Å². The maximum atomic E-state index is 12.9. The summed E-state index contributed by atoms with van der Waals surface area (Å²) in [5.74, 6) is -1.18. The average molecular weight is 1040 g/mol. The van der Waals surface area contributed by atoms with Crippen molar-refractivity contribution in [3.05, 3.63) is 36.5 Å². The molecule has 0 saturated heterocycles. The predicted octanol–water partition coefficient (Wildman–Crippen LogP) is 20.1. The van der Waals surface area contributed by atoms with Crippen LogP contribution in [0, 0.1) is 0 Å². The van der Waals surface area contributed by atoms with Gasteiger partial charge in [-0.3, -0.25) is 0 Å². The van der Waals surface area contributed by atoms with Gasteiger partial charge in [-0.15, -0.1) is 0 Å². The van der Waals surface area contributed by atoms with Gasteiger partial charge in [-0.25, -0.2) is 0 Å². The van der Waals surface area contributed by atoms with Crippen molar-refractivity contribution in [3.8, 4) is 0 Å². The molecular weight excluding hydrogens is 931 g/mol. The summed E-state index contributed by atoms with van der Waals surface area (Å²) >= 11 is -4.12. The Morgan fingerprint density at radius 1 is 0.254 bits per heavy atom. The second-order valence-electron chi connectivity index (χ2n) is 19.9. The Kier molecular flexibility index (Phi) is 55.8. The second kappa shape index (κ2) is 57.1. The fourth-order valence-electron chi connectivity index (χ4n) is 8.65. The molecule has 0 fully saturated rings. The van der Waals surface area contributed by atoms with Crippen molar-refractivity contribution in [2.75, 3.05) is 0 Å². The Balaban J connectivity index is 4.38. The molecule has 390 valence electrons. The summed E-state index contributed by atoms with van der Waals surface area (Å²) in [6, 6.07) is 0. The van der Waals surface area contributed by atoms with Crippen LogP contribution >= 0.6 is 0 Å². The minimum atomic E-state index is -4.12. The summed E-state index contributed by atoms with van der Waals surface area (Å²) in [5.41, 5.74) is 0. The third-order valence-corrected chi connectivity index (χ3v) is 17.0. The van der Waals surface area contributed by atoms with E-state index in [2.05, 4.69) is 57.2 Å². The van der Waals surface area contributed by atoms with Crippen molar-refractivity contribution in [2.24, 2.45) is 0 Å². The molecule has 0 saturated carbocycles. The third kappa shape index (κ3) is 55.3. The van der Waals surface area contributed by atoms with Gasteiger partial charge in [0.2, 0.25) is 0 Å². The molecule has 0 heterocycles. The minimum absolute atomic E-state index is 0.275. The third-order valence-electron chi connectivity index (χ3n) is 13.1. The van der Waals surface area contributed by atoms with Crippen LogP contribution < -0.4 is 0 Å². The molecule has 0 aliphatic heterocycles. The summed E-state index contributed by atoms with van der Waals surface area (Å²) < 4.78 is 17.0. The number of hydrogen-bond donors (Lipinski definition) is 0. The van der Waals surface area contributed by atoms with Crippen LogP contribution in [0.2, 0.25) is 0 Å². The van der Waals surface area contributed by atoms with Crippen molar-refractivity contribution >= 4 is 40.7 Å². The van der Waals surface area contributed by atoms with Gasteiger partial charge >= 0.3 is 255 Å². The molecule has 0 spiro atoms. The Labute approximate surface area is 426 Å². The zero-order valence-corrected chi connectivity index (χ0v) is 48.2. The van der Waals surface area contributed by atoms with Gasteiger partial charge in [0.1, 0.15) is 0 Å². The van der Waals surface area contributed by atoms with E-state index < -0.39 is 40.7 Å². The fourth-order valence-corrected chi connectivity index (χ4v) is 11.9.